The Bertz CT molecular complexity index is 425. The van der Waals surface area contributed by atoms with Gasteiger partial charge in [-0.1, -0.05) is 17.7 Å². The molecule has 0 aromatic heterocycles. The molecule has 0 bridgehead atoms. The van der Waals surface area contributed by atoms with Gasteiger partial charge in [-0.25, -0.2) is 0 Å². The third kappa shape index (κ3) is 2.02. The van der Waals surface area contributed by atoms with Crippen LogP contribution in [0.5, 0.6) is 5.75 Å². The van der Waals surface area contributed by atoms with Gasteiger partial charge in [0.25, 0.3) is 0 Å². The second-order valence-corrected chi connectivity index (χ2v) is 4.65. The maximum atomic E-state index is 6.39. The first-order valence-electron chi connectivity index (χ1n) is 5.49. The molecule has 3 nitrogen and oxygen atoms in total. The molecule has 5 heteroatoms. The lowest BCUT2D eigenvalue weighted by Crippen LogP contribution is -2.27. The van der Waals surface area contributed by atoms with Gasteiger partial charge in [-0.3, -0.25) is 0 Å². The number of rotatable bonds is 1. The van der Waals surface area contributed by atoms with Crippen LogP contribution in [-0.4, -0.2) is 26.3 Å². The van der Waals surface area contributed by atoms with Crippen LogP contribution >= 0.6 is 24.0 Å². The molecule has 0 radical (unpaired) electrons. The average molecular weight is 276 g/mol. The van der Waals surface area contributed by atoms with Gasteiger partial charge in [0.2, 0.25) is 0 Å². The number of benzene rings is 1. The van der Waals surface area contributed by atoms with Crippen molar-refractivity contribution < 1.29 is 9.47 Å². The Kier molecular flexibility index (Phi) is 3.83. The van der Waals surface area contributed by atoms with Gasteiger partial charge in [0.05, 0.1) is 24.8 Å². The van der Waals surface area contributed by atoms with Crippen LogP contribution in [0.15, 0.2) is 12.1 Å². The summed E-state index contributed by atoms with van der Waals surface area (Å²) in [4.78, 5) is 0. The standard InChI is InChI=1S/C12H14ClNO2.ClH/c1-15-9-3-2-7-6-16-10-5-14-4-8(10)11(7)12(9)13;/h2-3,8,10,14H,4-6H2,1H3;1H/t8-,10+;/m0./s1. The van der Waals surface area contributed by atoms with E-state index in [1.807, 2.05) is 6.07 Å². The van der Waals surface area contributed by atoms with Crippen LogP contribution in [-0.2, 0) is 11.3 Å². The number of halogens is 2. The summed E-state index contributed by atoms with van der Waals surface area (Å²) < 4.78 is 11.1. The highest BCUT2D eigenvalue weighted by Gasteiger charge is 2.36. The summed E-state index contributed by atoms with van der Waals surface area (Å²) in [5.74, 6) is 1.12. The van der Waals surface area contributed by atoms with Gasteiger partial charge in [-0.2, -0.15) is 0 Å². The second-order valence-electron chi connectivity index (χ2n) is 4.27. The topological polar surface area (TPSA) is 30.5 Å². The van der Waals surface area contributed by atoms with E-state index in [4.69, 9.17) is 21.1 Å². The van der Waals surface area contributed by atoms with Gasteiger partial charge < -0.3 is 14.8 Å². The van der Waals surface area contributed by atoms with Gasteiger partial charge in [0.15, 0.2) is 0 Å². The maximum absolute atomic E-state index is 6.39. The van der Waals surface area contributed by atoms with E-state index in [9.17, 15) is 0 Å². The van der Waals surface area contributed by atoms with Crippen LogP contribution in [0.25, 0.3) is 0 Å². The van der Waals surface area contributed by atoms with Crippen LogP contribution in [0.3, 0.4) is 0 Å². The highest BCUT2D eigenvalue weighted by molar-refractivity contribution is 6.33. The Labute approximate surface area is 112 Å². The number of hydrogen-bond acceptors (Lipinski definition) is 3. The zero-order valence-corrected chi connectivity index (χ0v) is 11.1. The minimum Gasteiger partial charge on any atom is -0.495 e. The molecule has 2 atom stereocenters. The first-order valence-corrected chi connectivity index (χ1v) is 5.86. The maximum Gasteiger partial charge on any atom is 0.137 e. The third-order valence-electron chi connectivity index (χ3n) is 3.44. The summed E-state index contributed by atoms with van der Waals surface area (Å²) in [5.41, 5.74) is 2.40. The molecule has 17 heavy (non-hydrogen) atoms. The van der Waals surface area contributed by atoms with E-state index in [1.165, 1.54) is 11.1 Å². The molecule has 0 amide bonds. The monoisotopic (exact) mass is 275 g/mol. The number of fused-ring (bicyclic) bond motifs is 3. The Morgan fingerprint density at radius 3 is 3.00 bits per heavy atom. The van der Waals surface area contributed by atoms with E-state index in [0.29, 0.717) is 12.5 Å². The fourth-order valence-corrected chi connectivity index (χ4v) is 3.01. The normalized spacial score (nSPS) is 25.8. The zero-order valence-electron chi connectivity index (χ0n) is 9.53. The molecule has 1 aromatic carbocycles. The Morgan fingerprint density at radius 1 is 1.41 bits per heavy atom. The van der Waals surface area contributed by atoms with Gasteiger partial charge in [0, 0.05) is 19.0 Å². The highest BCUT2D eigenvalue weighted by atomic mass is 35.5. The van der Waals surface area contributed by atoms with Gasteiger partial charge in [-0.15, -0.1) is 12.4 Å². The summed E-state index contributed by atoms with van der Waals surface area (Å²) in [6, 6.07) is 3.96. The van der Waals surface area contributed by atoms with Crippen LogP contribution in [0.1, 0.15) is 17.0 Å². The lowest BCUT2D eigenvalue weighted by molar-refractivity contribution is 0.0299. The summed E-state index contributed by atoms with van der Waals surface area (Å²) in [5, 5.41) is 4.10. The van der Waals surface area contributed by atoms with Crippen LogP contribution in [0.4, 0.5) is 0 Å². The molecular weight excluding hydrogens is 261 g/mol. The van der Waals surface area contributed by atoms with E-state index in [-0.39, 0.29) is 18.5 Å². The van der Waals surface area contributed by atoms with Crippen molar-refractivity contribution in [1.29, 1.82) is 0 Å². The molecule has 2 aliphatic heterocycles. The number of hydrogen-bond donors (Lipinski definition) is 1. The fourth-order valence-electron chi connectivity index (χ4n) is 2.61. The fraction of sp³-hybridized carbons (Fsp3) is 0.500. The van der Waals surface area contributed by atoms with Crippen molar-refractivity contribution in [2.75, 3.05) is 20.2 Å². The van der Waals surface area contributed by atoms with Gasteiger partial charge >= 0.3 is 0 Å². The average Bonchev–Trinajstić information content (AvgIpc) is 2.77. The number of ether oxygens (including phenoxy) is 2. The molecular formula is C12H15Cl2NO2. The molecule has 1 N–H and O–H groups in total. The summed E-state index contributed by atoms with van der Waals surface area (Å²) >= 11 is 6.39. The molecule has 94 valence electrons. The highest BCUT2D eigenvalue weighted by Crippen LogP contribution is 2.41. The third-order valence-corrected chi connectivity index (χ3v) is 3.83. The van der Waals surface area contributed by atoms with E-state index < -0.39 is 0 Å². The molecule has 1 aromatic rings. The molecule has 0 spiro atoms. The SMILES string of the molecule is COc1ccc2c(c1Cl)[C@H]1CNC[C@H]1OC2.Cl. The predicted octanol–water partition coefficient (Wildman–Crippen LogP) is 2.36. The first kappa shape index (κ1) is 13.0. The Hall–Kier alpha value is -0.480. The van der Waals surface area contributed by atoms with Crippen LogP contribution < -0.4 is 10.1 Å². The smallest absolute Gasteiger partial charge is 0.137 e. The zero-order chi connectivity index (χ0) is 11.1. The van der Waals surface area contributed by atoms with Gasteiger partial charge in [-0.05, 0) is 17.2 Å². The van der Waals surface area contributed by atoms with Gasteiger partial charge in [0.1, 0.15) is 5.75 Å². The van der Waals surface area contributed by atoms with E-state index >= 15 is 0 Å². The molecule has 3 rings (SSSR count). The Morgan fingerprint density at radius 2 is 2.24 bits per heavy atom. The number of nitrogens with one attached hydrogen (secondary N) is 1. The first-order chi connectivity index (χ1) is 7.81. The molecule has 0 aliphatic carbocycles. The second kappa shape index (κ2) is 5.02. The summed E-state index contributed by atoms with van der Waals surface area (Å²) in [7, 11) is 1.65. The Balaban J connectivity index is 0.00000108. The minimum absolute atomic E-state index is 0. The number of methoxy groups -OCH3 is 1. The molecule has 0 saturated carbocycles. The van der Waals surface area contributed by atoms with Crippen molar-refractivity contribution in [3.63, 3.8) is 0 Å². The molecule has 0 unspecified atom stereocenters. The van der Waals surface area contributed by atoms with Crippen molar-refractivity contribution in [3.05, 3.63) is 28.3 Å². The lowest BCUT2D eigenvalue weighted by atomic mass is 9.89. The molecule has 2 aliphatic rings. The summed E-state index contributed by atoms with van der Waals surface area (Å²) in [6.07, 6.45) is 0.261. The quantitative estimate of drug-likeness (QED) is 0.854. The van der Waals surface area contributed by atoms with E-state index in [2.05, 4.69) is 11.4 Å². The van der Waals surface area contributed by atoms with Crippen molar-refractivity contribution in [2.24, 2.45) is 0 Å². The largest absolute Gasteiger partial charge is 0.495 e. The molecule has 1 fully saturated rings. The van der Waals surface area contributed by atoms with E-state index in [1.54, 1.807) is 7.11 Å². The van der Waals surface area contributed by atoms with E-state index in [0.717, 1.165) is 23.9 Å². The lowest BCUT2D eigenvalue weighted by Gasteiger charge is -2.29. The van der Waals surface area contributed by atoms with Crippen molar-refractivity contribution in [2.45, 2.75) is 18.6 Å². The van der Waals surface area contributed by atoms with Crippen molar-refractivity contribution in [3.8, 4) is 5.75 Å². The summed E-state index contributed by atoms with van der Waals surface area (Å²) in [6.45, 7) is 2.50. The van der Waals surface area contributed by atoms with Crippen LogP contribution in [0, 0.1) is 0 Å². The van der Waals surface area contributed by atoms with Crippen LogP contribution in [0.2, 0.25) is 5.02 Å². The predicted molar refractivity (Wildman–Crippen MR) is 69.4 cm³/mol. The van der Waals surface area contributed by atoms with Crippen molar-refractivity contribution in [1.82, 2.24) is 5.32 Å². The van der Waals surface area contributed by atoms with Crippen molar-refractivity contribution >= 4 is 24.0 Å². The minimum atomic E-state index is 0. The molecule has 1 saturated heterocycles. The molecule has 2 heterocycles.